The van der Waals surface area contributed by atoms with E-state index in [4.69, 9.17) is 10.7 Å². The van der Waals surface area contributed by atoms with Gasteiger partial charge in [-0.3, -0.25) is 0 Å². The zero-order valence-corrected chi connectivity index (χ0v) is 18.8. The van der Waals surface area contributed by atoms with Gasteiger partial charge in [-0.05, 0) is 44.2 Å². The maximum Gasteiger partial charge on any atom is 0.208 e. The van der Waals surface area contributed by atoms with Gasteiger partial charge >= 0.3 is 0 Å². The molecule has 3 aliphatic heterocycles. The number of hydrogen-bond acceptors (Lipinski definition) is 7. The normalized spacial score (nSPS) is 16.7. The highest BCUT2D eigenvalue weighted by atomic mass is 16.3. The van der Waals surface area contributed by atoms with Gasteiger partial charge in [-0.15, -0.1) is 5.10 Å². The maximum absolute atomic E-state index is 9.96. The van der Waals surface area contributed by atoms with Crippen molar-refractivity contribution >= 4 is 17.5 Å². The number of rotatable bonds is 7. The number of fused-ring (bicyclic) bond motifs is 1. The van der Waals surface area contributed by atoms with E-state index in [2.05, 4.69) is 52.7 Å². The summed E-state index contributed by atoms with van der Waals surface area (Å²) in [6.07, 6.45) is 2.01. The molecule has 0 amide bonds. The molecule has 0 saturated carbocycles. The number of hydrogen-bond donors (Lipinski definition) is 3. The van der Waals surface area contributed by atoms with Gasteiger partial charge < -0.3 is 25.6 Å². The van der Waals surface area contributed by atoms with Gasteiger partial charge in [0.25, 0.3) is 0 Å². The summed E-state index contributed by atoms with van der Waals surface area (Å²) < 4.78 is 2.24. The SMILES string of the molecule is CC(C)c1nnc2c(NCc3ccccc3N)nc(N3CCCC3CO)n(C(C)C)c1-2. The minimum Gasteiger partial charge on any atom is -0.398 e. The summed E-state index contributed by atoms with van der Waals surface area (Å²) in [5.74, 6) is 1.79. The van der Waals surface area contributed by atoms with Crippen molar-refractivity contribution < 1.29 is 5.11 Å². The van der Waals surface area contributed by atoms with Crippen molar-refractivity contribution in [2.45, 2.75) is 65.1 Å². The molecule has 1 unspecified atom stereocenters. The van der Waals surface area contributed by atoms with Crippen LogP contribution in [0.5, 0.6) is 0 Å². The number of para-hydroxylation sites is 1. The second kappa shape index (κ2) is 8.70. The number of nitrogen functional groups attached to an aromatic ring is 1. The fourth-order valence-electron chi connectivity index (χ4n) is 4.39. The number of aromatic nitrogens is 4. The van der Waals surface area contributed by atoms with Crippen LogP contribution in [-0.4, -0.2) is 44.0 Å². The number of aliphatic hydroxyl groups is 1. The van der Waals surface area contributed by atoms with Crippen molar-refractivity contribution in [1.82, 2.24) is 19.7 Å². The highest BCUT2D eigenvalue weighted by Crippen LogP contribution is 2.40. The molecule has 1 aromatic rings. The molecule has 0 aliphatic carbocycles. The van der Waals surface area contributed by atoms with Crippen LogP contribution in [0.1, 0.15) is 63.8 Å². The standard InChI is InChI=1S/C23H33N7O/c1-14(2)19-21-20(28-27-19)22(25-12-16-8-5-6-10-18(16)24)26-23(30(21)15(3)4)29-11-7-9-17(29)13-31/h5-6,8,10,14-15,17,25,31H,7,9,11-13,24H2,1-4H3. The van der Waals surface area contributed by atoms with E-state index >= 15 is 0 Å². The van der Waals surface area contributed by atoms with E-state index in [-0.39, 0.29) is 24.6 Å². The van der Waals surface area contributed by atoms with Crippen molar-refractivity contribution in [3.8, 4) is 11.4 Å². The van der Waals surface area contributed by atoms with Gasteiger partial charge in [-0.25, -0.2) is 0 Å². The number of benzene rings is 1. The molecule has 8 nitrogen and oxygen atoms in total. The van der Waals surface area contributed by atoms with Gasteiger partial charge in [0.1, 0.15) is 0 Å². The summed E-state index contributed by atoms with van der Waals surface area (Å²) in [6.45, 7) is 10.1. The molecule has 0 spiro atoms. The summed E-state index contributed by atoms with van der Waals surface area (Å²) in [4.78, 5) is 7.28. The Kier molecular flexibility index (Phi) is 6.00. The number of nitrogens with one attached hydrogen (secondary N) is 1. The van der Waals surface area contributed by atoms with Crippen molar-refractivity contribution in [3.05, 3.63) is 35.5 Å². The lowest BCUT2D eigenvalue weighted by Crippen LogP contribution is -2.36. The molecule has 1 saturated heterocycles. The molecular formula is C23H33N7O. The van der Waals surface area contributed by atoms with E-state index in [9.17, 15) is 5.11 Å². The van der Waals surface area contributed by atoms with Crippen LogP contribution in [-0.2, 0) is 6.54 Å². The first-order valence-electron chi connectivity index (χ1n) is 11.2. The molecule has 3 heterocycles. The summed E-state index contributed by atoms with van der Waals surface area (Å²) in [6, 6.07) is 8.07. The van der Waals surface area contributed by atoms with Crippen LogP contribution in [0.4, 0.5) is 17.5 Å². The Morgan fingerprint density at radius 1 is 1.19 bits per heavy atom. The molecule has 0 bridgehead atoms. The van der Waals surface area contributed by atoms with Crippen molar-refractivity contribution in [2.75, 3.05) is 29.1 Å². The molecular weight excluding hydrogens is 390 g/mol. The third kappa shape index (κ3) is 3.92. The predicted octanol–water partition coefficient (Wildman–Crippen LogP) is 3.64. The Labute approximate surface area is 183 Å². The molecule has 166 valence electrons. The number of anilines is 3. The van der Waals surface area contributed by atoms with Gasteiger partial charge in [0.15, 0.2) is 11.5 Å². The number of aliphatic hydroxyl groups excluding tert-OH is 1. The summed E-state index contributed by atoms with van der Waals surface area (Å²) >= 11 is 0. The average Bonchev–Trinajstić information content (AvgIpc) is 3.39. The smallest absolute Gasteiger partial charge is 0.208 e. The van der Waals surface area contributed by atoms with Crippen LogP contribution >= 0.6 is 0 Å². The molecule has 3 aliphatic rings. The molecule has 4 N–H and O–H groups in total. The third-order valence-corrected chi connectivity index (χ3v) is 6.03. The van der Waals surface area contributed by atoms with Crippen LogP contribution in [0.15, 0.2) is 24.3 Å². The Hall–Kier alpha value is -2.87. The van der Waals surface area contributed by atoms with Crippen LogP contribution in [0.2, 0.25) is 0 Å². The lowest BCUT2D eigenvalue weighted by Gasteiger charge is -2.31. The quantitative estimate of drug-likeness (QED) is 0.498. The van der Waals surface area contributed by atoms with Gasteiger partial charge in [-0.2, -0.15) is 10.1 Å². The van der Waals surface area contributed by atoms with Crippen LogP contribution in [0.3, 0.4) is 0 Å². The molecule has 4 rings (SSSR count). The molecule has 1 atom stereocenters. The predicted molar refractivity (Wildman–Crippen MR) is 125 cm³/mol. The summed E-state index contributed by atoms with van der Waals surface area (Å²) in [7, 11) is 0. The Morgan fingerprint density at radius 2 is 1.97 bits per heavy atom. The van der Waals surface area contributed by atoms with Crippen LogP contribution in [0.25, 0.3) is 11.4 Å². The second-order valence-electron chi connectivity index (χ2n) is 8.89. The highest BCUT2D eigenvalue weighted by molar-refractivity contribution is 5.75. The topological polar surface area (TPSA) is 105 Å². The summed E-state index contributed by atoms with van der Waals surface area (Å²) in [5, 5.41) is 22.5. The van der Waals surface area contributed by atoms with Gasteiger partial charge in [0.05, 0.1) is 24.0 Å². The molecule has 1 aromatic carbocycles. The van der Waals surface area contributed by atoms with Gasteiger partial charge in [0, 0.05) is 24.8 Å². The van der Waals surface area contributed by atoms with E-state index in [0.29, 0.717) is 12.4 Å². The van der Waals surface area contributed by atoms with E-state index in [1.54, 1.807) is 0 Å². The first kappa shape index (κ1) is 21.4. The number of nitrogens with two attached hydrogens (primary N) is 1. The number of nitrogens with zero attached hydrogens (tertiary/aromatic N) is 5. The van der Waals surface area contributed by atoms with Crippen molar-refractivity contribution in [2.24, 2.45) is 0 Å². The minimum absolute atomic E-state index is 0.0750. The Balaban J connectivity index is 1.85. The van der Waals surface area contributed by atoms with Crippen LogP contribution in [0, 0.1) is 0 Å². The lowest BCUT2D eigenvalue weighted by molar-refractivity contribution is 0.264. The molecule has 1 fully saturated rings. The molecule has 0 radical (unpaired) electrons. The third-order valence-electron chi connectivity index (χ3n) is 6.03. The molecule has 0 aromatic heterocycles. The fourth-order valence-corrected chi connectivity index (χ4v) is 4.39. The second-order valence-corrected chi connectivity index (χ2v) is 8.89. The average molecular weight is 424 g/mol. The largest absolute Gasteiger partial charge is 0.398 e. The minimum atomic E-state index is 0.0750. The highest BCUT2D eigenvalue weighted by Gasteiger charge is 2.33. The van der Waals surface area contributed by atoms with Crippen LogP contribution < -0.4 is 16.0 Å². The van der Waals surface area contributed by atoms with E-state index in [1.807, 2.05) is 24.3 Å². The van der Waals surface area contributed by atoms with Crippen molar-refractivity contribution in [3.63, 3.8) is 0 Å². The first-order valence-corrected chi connectivity index (χ1v) is 11.2. The fraction of sp³-hybridized carbons (Fsp3) is 0.522. The van der Waals surface area contributed by atoms with Gasteiger partial charge in [0.2, 0.25) is 5.95 Å². The van der Waals surface area contributed by atoms with Crippen molar-refractivity contribution in [1.29, 1.82) is 0 Å². The lowest BCUT2D eigenvalue weighted by atomic mass is 10.1. The zero-order chi connectivity index (χ0) is 22.1. The Bertz CT molecular complexity index is 1010. The molecule has 31 heavy (non-hydrogen) atoms. The van der Waals surface area contributed by atoms with E-state index < -0.39 is 0 Å². The van der Waals surface area contributed by atoms with E-state index in [1.165, 1.54) is 0 Å². The maximum atomic E-state index is 9.96. The van der Waals surface area contributed by atoms with E-state index in [0.717, 1.165) is 53.7 Å². The summed E-state index contributed by atoms with van der Waals surface area (Å²) in [5.41, 5.74) is 10.7. The first-order chi connectivity index (χ1) is 14.9. The zero-order valence-electron chi connectivity index (χ0n) is 18.8. The monoisotopic (exact) mass is 423 g/mol. The molecule has 8 heteroatoms. The Morgan fingerprint density at radius 3 is 2.65 bits per heavy atom. The van der Waals surface area contributed by atoms with Gasteiger partial charge in [-0.1, -0.05) is 32.0 Å².